The van der Waals surface area contributed by atoms with Gasteiger partial charge >= 0.3 is 0 Å². The van der Waals surface area contributed by atoms with Gasteiger partial charge in [-0.1, -0.05) is 29.8 Å². The first-order valence-corrected chi connectivity index (χ1v) is 8.41. The Labute approximate surface area is 123 Å². The monoisotopic (exact) mass is 294 g/mol. The van der Waals surface area contributed by atoms with Gasteiger partial charge in [-0.3, -0.25) is 0 Å². The number of aromatic nitrogens is 1. The Morgan fingerprint density at radius 3 is 2.84 bits per heavy atom. The Bertz CT molecular complexity index is 546. The van der Waals surface area contributed by atoms with E-state index in [1.54, 1.807) is 0 Å². The fourth-order valence-corrected chi connectivity index (χ4v) is 4.12. The molecule has 0 radical (unpaired) electrons. The minimum Gasteiger partial charge on any atom is -0.356 e. The summed E-state index contributed by atoms with van der Waals surface area (Å²) in [7, 11) is 0. The van der Waals surface area contributed by atoms with Crippen LogP contribution >= 0.6 is 23.4 Å². The molecule has 1 fully saturated rings. The van der Waals surface area contributed by atoms with Crippen LogP contribution in [-0.2, 0) is 6.54 Å². The number of thioether (sulfide) groups is 1. The molecule has 0 aliphatic carbocycles. The maximum atomic E-state index is 6.40. The molecule has 0 amide bonds. The molecule has 1 aliphatic heterocycles. The summed E-state index contributed by atoms with van der Waals surface area (Å²) >= 11 is 8.48. The fraction of sp³-hybridized carbons (Fsp3) is 0.467. The van der Waals surface area contributed by atoms with Gasteiger partial charge in [0.2, 0.25) is 0 Å². The predicted molar refractivity (Wildman–Crippen MR) is 85.1 cm³/mol. The van der Waals surface area contributed by atoms with E-state index in [-0.39, 0.29) is 0 Å². The minimum absolute atomic E-state index is 0.831. The van der Waals surface area contributed by atoms with E-state index in [9.17, 15) is 0 Å². The van der Waals surface area contributed by atoms with E-state index in [1.807, 2.05) is 12.1 Å². The number of hydrogen-bond donors (Lipinski definition) is 2. The fourth-order valence-electron chi connectivity index (χ4n) is 2.64. The molecule has 19 heavy (non-hydrogen) atoms. The molecule has 0 saturated carbocycles. The Hall–Kier alpha value is -0.640. The van der Waals surface area contributed by atoms with Crippen molar-refractivity contribution < 1.29 is 0 Å². The molecule has 0 atom stereocenters. The Kier molecular flexibility index (Phi) is 4.36. The highest BCUT2D eigenvalue weighted by Crippen LogP contribution is 2.27. The summed E-state index contributed by atoms with van der Waals surface area (Å²) in [5.74, 6) is 3.48. The van der Waals surface area contributed by atoms with Crippen LogP contribution in [0, 0.1) is 5.92 Å². The average molecular weight is 295 g/mol. The van der Waals surface area contributed by atoms with E-state index in [0.717, 1.165) is 40.6 Å². The van der Waals surface area contributed by atoms with Crippen molar-refractivity contribution in [1.82, 2.24) is 10.3 Å². The molecule has 2 N–H and O–H groups in total. The number of benzene rings is 1. The van der Waals surface area contributed by atoms with Crippen LogP contribution < -0.4 is 5.32 Å². The van der Waals surface area contributed by atoms with Gasteiger partial charge in [-0.25, -0.2) is 0 Å². The third kappa shape index (κ3) is 3.10. The zero-order valence-electron chi connectivity index (χ0n) is 10.9. The standard InChI is InChI=1S/C15H19ClN2S/c16-15-12-3-1-2-4-13(12)18-14(15)10-17-9-11-5-7-19-8-6-11/h1-4,11,17-18H,5-10H2. The van der Waals surface area contributed by atoms with E-state index in [1.165, 1.54) is 24.3 Å². The van der Waals surface area contributed by atoms with Crippen LogP contribution in [0.1, 0.15) is 18.5 Å². The number of rotatable bonds is 4. The number of para-hydroxylation sites is 1. The van der Waals surface area contributed by atoms with Crippen molar-refractivity contribution in [3.05, 3.63) is 35.0 Å². The van der Waals surface area contributed by atoms with Crippen molar-refractivity contribution in [1.29, 1.82) is 0 Å². The van der Waals surface area contributed by atoms with Gasteiger partial charge in [-0.2, -0.15) is 11.8 Å². The van der Waals surface area contributed by atoms with Gasteiger partial charge in [0, 0.05) is 23.1 Å². The number of fused-ring (bicyclic) bond motifs is 1. The summed E-state index contributed by atoms with van der Waals surface area (Å²) in [5.41, 5.74) is 2.23. The second-order valence-electron chi connectivity index (χ2n) is 5.15. The third-order valence-electron chi connectivity index (χ3n) is 3.79. The molecule has 0 bridgehead atoms. The lowest BCUT2D eigenvalue weighted by atomic mass is 10.0. The highest BCUT2D eigenvalue weighted by atomic mass is 35.5. The van der Waals surface area contributed by atoms with Gasteiger partial charge in [0.05, 0.1) is 5.02 Å². The van der Waals surface area contributed by atoms with Crippen molar-refractivity contribution in [3.63, 3.8) is 0 Å². The number of hydrogen-bond acceptors (Lipinski definition) is 2. The van der Waals surface area contributed by atoms with Crippen LogP contribution in [0.15, 0.2) is 24.3 Å². The largest absolute Gasteiger partial charge is 0.356 e. The summed E-state index contributed by atoms with van der Waals surface area (Å²) in [4.78, 5) is 3.40. The minimum atomic E-state index is 0.831. The topological polar surface area (TPSA) is 27.8 Å². The molecule has 4 heteroatoms. The molecule has 1 aromatic heterocycles. The molecule has 1 aromatic carbocycles. The maximum Gasteiger partial charge on any atom is 0.0705 e. The lowest BCUT2D eigenvalue weighted by Crippen LogP contribution is -2.25. The normalized spacial score (nSPS) is 17.1. The van der Waals surface area contributed by atoms with Gasteiger partial charge in [-0.15, -0.1) is 0 Å². The van der Waals surface area contributed by atoms with Gasteiger partial charge in [0.1, 0.15) is 0 Å². The SMILES string of the molecule is Clc1c(CNCC2CCSCC2)[nH]c2ccccc12. The highest BCUT2D eigenvalue weighted by Gasteiger charge is 2.14. The van der Waals surface area contributed by atoms with Crippen molar-refractivity contribution in [2.24, 2.45) is 5.92 Å². The van der Waals surface area contributed by atoms with E-state index >= 15 is 0 Å². The van der Waals surface area contributed by atoms with Crippen LogP contribution in [0.3, 0.4) is 0 Å². The molecule has 3 rings (SSSR count). The van der Waals surface area contributed by atoms with Crippen LogP contribution in [-0.4, -0.2) is 23.0 Å². The van der Waals surface area contributed by atoms with Crippen LogP contribution in [0.2, 0.25) is 5.02 Å². The summed E-state index contributed by atoms with van der Waals surface area (Å²) in [6.45, 7) is 1.93. The third-order valence-corrected chi connectivity index (χ3v) is 5.27. The van der Waals surface area contributed by atoms with E-state index in [2.05, 4.69) is 34.2 Å². The van der Waals surface area contributed by atoms with Crippen LogP contribution in [0.4, 0.5) is 0 Å². The van der Waals surface area contributed by atoms with E-state index in [0.29, 0.717) is 0 Å². The van der Waals surface area contributed by atoms with Gasteiger partial charge in [-0.05, 0) is 42.9 Å². The lowest BCUT2D eigenvalue weighted by molar-refractivity contribution is 0.446. The molecular weight excluding hydrogens is 276 g/mol. The molecule has 2 nitrogen and oxygen atoms in total. The zero-order valence-corrected chi connectivity index (χ0v) is 12.5. The quantitative estimate of drug-likeness (QED) is 0.890. The molecule has 1 aliphatic rings. The Morgan fingerprint density at radius 2 is 2.05 bits per heavy atom. The predicted octanol–water partition coefficient (Wildman–Crippen LogP) is 4.05. The molecular formula is C15H19ClN2S. The highest BCUT2D eigenvalue weighted by molar-refractivity contribution is 7.99. The second-order valence-corrected chi connectivity index (χ2v) is 6.75. The van der Waals surface area contributed by atoms with Crippen molar-refractivity contribution in [2.75, 3.05) is 18.1 Å². The maximum absolute atomic E-state index is 6.40. The smallest absolute Gasteiger partial charge is 0.0705 e. The van der Waals surface area contributed by atoms with Gasteiger partial charge in [0.25, 0.3) is 0 Å². The molecule has 102 valence electrons. The number of aromatic amines is 1. The van der Waals surface area contributed by atoms with Crippen molar-refractivity contribution >= 4 is 34.3 Å². The molecule has 0 spiro atoms. The Balaban J connectivity index is 1.60. The van der Waals surface area contributed by atoms with Gasteiger partial charge in [0.15, 0.2) is 0 Å². The Morgan fingerprint density at radius 1 is 1.26 bits per heavy atom. The van der Waals surface area contributed by atoms with Crippen molar-refractivity contribution in [2.45, 2.75) is 19.4 Å². The van der Waals surface area contributed by atoms with Crippen LogP contribution in [0.25, 0.3) is 10.9 Å². The average Bonchev–Trinajstić information content (AvgIpc) is 2.78. The van der Waals surface area contributed by atoms with Gasteiger partial charge < -0.3 is 10.3 Å². The zero-order chi connectivity index (χ0) is 13.1. The first kappa shape index (κ1) is 13.3. The van der Waals surface area contributed by atoms with Crippen LogP contribution in [0.5, 0.6) is 0 Å². The lowest BCUT2D eigenvalue weighted by Gasteiger charge is -2.21. The molecule has 1 saturated heterocycles. The summed E-state index contributed by atoms with van der Waals surface area (Å²) in [6.07, 6.45) is 2.69. The number of halogens is 1. The number of H-pyrrole nitrogens is 1. The summed E-state index contributed by atoms with van der Waals surface area (Å²) in [6, 6.07) is 8.20. The molecule has 2 aromatic rings. The summed E-state index contributed by atoms with van der Waals surface area (Å²) < 4.78 is 0. The van der Waals surface area contributed by atoms with Crippen molar-refractivity contribution in [3.8, 4) is 0 Å². The molecule has 2 heterocycles. The first-order chi connectivity index (χ1) is 9.34. The van der Waals surface area contributed by atoms with E-state index in [4.69, 9.17) is 11.6 Å². The number of nitrogens with one attached hydrogen (secondary N) is 2. The first-order valence-electron chi connectivity index (χ1n) is 6.88. The van der Waals surface area contributed by atoms with E-state index < -0.39 is 0 Å². The second kappa shape index (κ2) is 6.21. The molecule has 0 unspecified atom stereocenters. The summed E-state index contributed by atoms with van der Waals surface area (Å²) in [5, 5.41) is 5.53.